The number of piperidine rings is 1. The highest BCUT2D eigenvalue weighted by molar-refractivity contribution is 7.12. The van der Waals surface area contributed by atoms with Gasteiger partial charge in [0.1, 0.15) is 0 Å². The van der Waals surface area contributed by atoms with Gasteiger partial charge >= 0.3 is 0 Å². The molecular weight excluding hydrogens is 322 g/mol. The van der Waals surface area contributed by atoms with Crippen LogP contribution < -0.4 is 9.47 Å². The molecule has 2 aliphatic heterocycles. The highest BCUT2D eigenvalue weighted by Gasteiger charge is 2.29. The number of carbonyl (C=O) groups is 1. The summed E-state index contributed by atoms with van der Waals surface area (Å²) in [5.74, 6) is 2.10. The molecule has 1 atom stereocenters. The van der Waals surface area contributed by atoms with E-state index in [9.17, 15) is 4.79 Å². The molecule has 1 unspecified atom stereocenters. The molecule has 2 aromatic rings. The van der Waals surface area contributed by atoms with Gasteiger partial charge in [-0.25, -0.2) is 0 Å². The Morgan fingerprint density at radius 3 is 3.08 bits per heavy atom. The Balaban J connectivity index is 1.47. The second-order valence-electron chi connectivity index (χ2n) is 6.52. The van der Waals surface area contributed by atoms with Crippen LogP contribution in [0.1, 0.15) is 33.6 Å². The van der Waals surface area contributed by atoms with Crippen LogP contribution in [0.3, 0.4) is 0 Å². The molecule has 2 aliphatic rings. The number of hydrogen-bond acceptors (Lipinski definition) is 5. The van der Waals surface area contributed by atoms with Crippen molar-refractivity contribution in [1.29, 1.82) is 0 Å². The predicted molar refractivity (Wildman–Crippen MR) is 94.0 cm³/mol. The van der Waals surface area contributed by atoms with Crippen molar-refractivity contribution in [3.05, 3.63) is 45.6 Å². The fourth-order valence-electron chi connectivity index (χ4n) is 3.58. The molecule has 0 amide bonds. The van der Waals surface area contributed by atoms with Crippen LogP contribution in [0, 0.1) is 12.8 Å². The molecule has 1 aromatic carbocycles. The van der Waals surface area contributed by atoms with Crippen molar-refractivity contribution >= 4 is 17.1 Å². The number of benzene rings is 1. The number of rotatable bonds is 4. The van der Waals surface area contributed by atoms with Crippen LogP contribution in [0.2, 0.25) is 0 Å². The molecule has 0 saturated carbocycles. The van der Waals surface area contributed by atoms with E-state index in [0.717, 1.165) is 60.0 Å². The van der Waals surface area contributed by atoms with Gasteiger partial charge in [0, 0.05) is 24.6 Å². The van der Waals surface area contributed by atoms with E-state index in [4.69, 9.17) is 9.47 Å². The Hall–Kier alpha value is -1.85. The third kappa shape index (κ3) is 2.94. The normalized spacial score (nSPS) is 20.3. The first-order valence-electron chi connectivity index (χ1n) is 8.40. The molecule has 5 heteroatoms. The Morgan fingerprint density at radius 2 is 2.25 bits per heavy atom. The zero-order valence-corrected chi connectivity index (χ0v) is 14.6. The van der Waals surface area contributed by atoms with Crippen LogP contribution in [-0.2, 0) is 6.54 Å². The molecule has 4 rings (SSSR count). The molecule has 0 bridgehead atoms. The summed E-state index contributed by atoms with van der Waals surface area (Å²) in [4.78, 5) is 16.1. The second-order valence-corrected chi connectivity index (χ2v) is 7.44. The van der Waals surface area contributed by atoms with Crippen molar-refractivity contribution < 1.29 is 14.3 Å². The smallest absolute Gasteiger partial charge is 0.231 e. The number of Topliss-reactive ketones (excluding diaryl/α,β-unsaturated/α-hetero) is 1. The van der Waals surface area contributed by atoms with E-state index in [1.807, 2.05) is 30.5 Å². The van der Waals surface area contributed by atoms with E-state index >= 15 is 0 Å². The third-order valence-electron chi connectivity index (χ3n) is 4.83. The monoisotopic (exact) mass is 343 g/mol. The van der Waals surface area contributed by atoms with Crippen LogP contribution in [0.25, 0.3) is 0 Å². The van der Waals surface area contributed by atoms with E-state index in [0.29, 0.717) is 12.6 Å². The van der Waals surface area contributed by atoms with Gasteiger partial charge in [0.15, 0.2) is 17.3 Å². The first-order chi connectivity index (χ1) is 11.7. The lowest BCUT2D eigenvalue weighted by Crippen LogP contribution is -2.38. The molecule has 4 nitrogen and oxygen atoms in total. The highest BCUT2D eigenvalue weighted by atomic mass is 32.1. The number of carbonyl (C=O) groups excluding carboxylic acids is 1. The standard InChI is InChI=1S/C19H21NO3S/c1-13-7-9-24-19(13)17(21)14-5-3-8-20(10-14)11-15-4-2-6-16-18(15)23-12-22-16/h2,4,6-7,9,14H,3,5,8,10-12H2,1H3. The number of thiophene rings is 1. The minimum atomic E-state index is 0.102. The van der Waals surface area contributed by atoms with Crippen LogP contribution in [0.5, 0.6) is 11.5 Å². The van der Waals surface area contributed by atoms with E-state index in [2.05, 4.69) is 11.0 Å². The van der Waals surface area contributed by atoms with Crippen molar-refractivity contribution in [3.8, 4) is 11.5 Å². The van der Waals surface area contributed by atoms with E-state index in [1.54, 1.807) is 11.3 Å². The van der Waals surface area contributed by atoms with Gasteiger partial charge in [0.25, 0.3) is 0 Å². The maximum atomic E-state index is 12.8. The molecule has 0 spiro atoms. The number of aryl methyl sites for hydroxylation is 1. The minimum Gasteiger partial charge on any atom is -0.454 e. The number of ketones is 1. The SMILES string of the molecule is Cc1ccsc1C(=O)C1CCCN(Cc2cccc3c2OCO3)C1. The third-order valence-corrected chi connectivity index (χ3v) is 5.87. The second kappa shape index (κ2) is 6.57. The predicted octanol–water partition coefficient (Wildman–Crippen LogP) is 3.88. The van der Waals surface area contributed by atoms with Gasteiger partial charge in [-0.3, -0.25) is 9.69 Å². The van der Waals surface area contributed by atoms with Gasteiger partial charge in [-0.05, 0) is 49.4 Å². The lowest BCUT2D eigenvalue weighted by atomic mass is 9.92. The van der Waals surface area contributed by atoms with Crippen molar-refractivity contribution in [3.63, 3.8) is 0 Å². The maximum absolute atomic E-state index is 12.8. The highest BCUT2D eigenvalue weighted by Crippen LogP contribution is 2.36. The molecule has 1 saturated heterocycles. The first-order valence-corrected chi connectivity index (χ1v) is 9.28. The van der Waals surface area contributed by atoms with Crippen molar-refractivity contribution in [2.45, 2.75) is 26.3 Å². The van der Waals surface area contributed by atoms with E-state index < -0.39 is 0 Å². The molecule has 126 valence electrons. The van der Waals surface area contributed by atoms with Crippen LogP contribution >= 0.6 is 11.3 Å². The fraction of sp³-hybridized carbons (Fsp3) is 0.421. The zero-order valence-electron chi connectivity index (χ0n) is 13.8. The first kappa shape index (κ1) is 15.7. The van der Waals surface area contributed by atoms with Gasteiger partial charge in [-0.1, -0.05) is 12.1 Å². The Bertz CT molecular complexity index is 755. The number of likely N-dealkylation sites (tertiary alicyclic amines) is 1. The van der Waals surface area contributed by atoms with Crippen LogP contribution in [0.15, 0.2) is 29.6 Å². The summed E-state index contributed by atoms with van der Waals surface area (Å²) in [6, 6.07) is 8.06. The Morgan fingerprint density at radius 1 is 1.33 bits per heavy atom. The summed E-state index contributed by atoms with van der Waals surface area (Å²) < 4.78 is 11.1. The molecule has 0 aliphatic carbocycles. The van der Waals surface area contributed by atoms with Crippen LogP contribution in [-0.4, -0.2) is 30.6 Å². The number of hydrogen-bond donors (Lipinski definition) is 0. The Labute approximate surface area is 146 Å². The number of ether oxygens (including phenoxy) is 2. The summed E-state index contributed by atoms with van der Waals surface area (Å²) in [6.45, 7) is 4.97. The van der Waals surface area contributed by atoms with Gasteiger partial charge in [0.2, 0.25) is 6.79 Å². The van der Waals surface area contributed by atoms with Gasteiger partial charge in [0.05, 0.1) is 4.88 Å². The number of nitrogens with zero attached hydrogens (tertiary/aromatic N) is 1. The van der Waals surface area contributed by atoms with Gasteiger partial charge in [-0.15, -0.1) is 11.3 Å². The average molecular weight is 343 g/mol. The molecule has 0 N–H and O–H groups in total. The molecule has 24 heavy (non-hydrogen) atoms. The zero-order chi connectivity index (χ0) is 16.5. The van der Waals surface area contributed by atoms with Crippen LogP contribution in [0.4, 0.5) is 0 Å². The van der Waals surface area contributed by atoms with Gasteiger partial charge < -0.3 is 9.47 Å². The largest absolute Gasteiger partial charge is 0.454 e. The lowest BCUT2D eigenvalue weighted by Gasteiger charge is -2.32. The fourth-order valence-corrected chi connectivity index (χ4v) is 4.52. The Kier molecular flexibility index (Phi) is 4.29. The summed E-state index contributed by atoms with van der Waals surface area (Å²) in [7, 11) is 0. The number of fused-ring (bicyclic) bond motifs is 1. The average Bonchev–Trinajstić information content (AvgIpc) is 3.24. The topological polar surface area (TPSA) is 38.8 Å². The summed E-state index contributed by atoms with van der Waals surface area (Å²) >= 11 is 1.57. The van der Waals surface area contributed by atoms with Crippen molar-refractivity contribution in [2.24, 2.45) is 5.92 Å². The van der Waals surface area contributed by atoms with E-state index in [1.165, 1.54) is 0 Å². The maximum Gasteiger partial charge on any atom is 0.231 e. The minimum absolute atomic E-state index is 0.102. The quantitative estimate of drug-likeness (QED) is 0.790. The molecule has 0 radical (unpaired) electrons. The van der Waals surface area contributed by atoms with Crippen molar-refractivity contribution in [2.75, 3.05) is 19.9 Å². The van der Waals surface area contributed by atoms with Gasteiger partial charge in [-0.2, -0.15) is 0 Å². The van der Waals surface area contributed by atoms with Crippen molar-refractivity contribution in [1.82, 2.24) is 4.90 Å². The summed E-state index contributed by atoms with van der Waals surface area (Å²) in [6.07, 6.45) is 2.05. The molecule has 1 aromatic heterocycles. The number of para-hydroxylation sites is 1. The molecule has 3 heterocycles. The molecule has 1 fully saturated rings. The molecular formula is C19H21NO3S. The summed E-state index contributed by atoms with van der Waals surface area (Å²) in [5.41, 5.74) is 2.25. The lowest BCUT2D eigenvalue weighted by molar-refractivity contribution is 0.0814. The van der Waals surface area contributed by atoms with E-state index in [-0.39, 0.29) is 5.92 Å². The summed E-state index contributed by atoms with van der Waals surface area (Å²) in [5, 5.41) is 2.01.